The number of hydrogen-bond donors (Lipinski definition) is 2. The van der Waals surface area contributed by atoms with Crippen molar-refractivity contribution in [3.05, 3.63) is 0 Å². The van der Waals surface area contributed by atoms with Crippen LogP contribution in [0.4, 0.5) is 0 Å². The average Bonchev–Trinajstić information content (AvgIpc) is 2.94. The fourth-order valence-corrected chi connectivity index (χ4v) is 5.07. The first-order valence-corrected chi connectivity index (χ1v) is 9.23. The van der Waals surface area contributed by atoms with Crippen LogP contribution in [-0.2, 0) is 0 Å². The molecule has 0 aromatic rings. The second-order valence-electron chi connectivity index (χ2n) is 7.77. The van der Waals surface area contributed by atoms with Crippen LogP contribution < -0.4 is 5.32 Å². The lowest BCUT2D eigenvalue weighted by atomic mass is 9.71. The molecule has 3 aliphatic rings. The van der Waals surface area contributed by atoms with E-state index >= 15 is 0 Å². The summed E-state index contributed by atoms with van der Waals surface area (Å²) in [5, 5.41) is 14.4. The first kappa shape index (κ1) is 14.8. The van der Waals surface area contributed by atoms with Gasteiger partial charge >= 0.3 is 0 Å². The van der Waals surface area contributed by atoms with Gasteiger partial charge in [-0.15, -0.1) is 0 Å². The highest BCUT2D eigenvalue weighted by Gasteiger charge is 2.35. The van der Waals surface area contributed by atoms with Crippen molar-refractivity contribution in [1.29, 1.82) is 0 Å². The molecule has 0 bridgehead atoms. The lowest BCUT2D eigenvalue weighted by Crippen LogP contribution is -2.48. The van der Waals surface area contributed by atoms with Gasteiger partial charge in [0.15, 0.2) is 0 Å². The van der Waals surface area contributed by atoms with Crippen molar-refractivity contribution in [3.63, 3.8) is 0 Å². The molecule has 2 unspecified atom stereocenters. The maximum absolute atomic E-state index is 10.6. The molecule has 3 aliphatic carbocycles. The van der Waals surface area contributed by atoms with Crippen LogP contribution in [0.5, 0.6) is 0 Å². The van der Waals surface area contributed by atoms with Gasteiger partial charge in [0, 0.05) is 12.6 Å². The Labute approximate surface area is 124 Å². The highest BCUT2D eigenvalue weighted by atomic mass is 16.3. The van der Waals surface area contributed by atoms with E-state index in [4.69, 9.17) is 0 Å². The van der Waals surface area contributed by atoms with Gasteiger partial charge in [-0.2, -0.15) is 0 Å². The van der Waals surface area contributed by atoms with Crippen LogP contribution in [0.2, 0.25) is 0 Å². The molecular formula is C18H33NO. The molecule has 0 saturated heterocycles. The Bertz CT molecular complexity index is 292. The highest BCUT2D eigenvalue weighted by molar-refractivity contribution is 4.91. The summed E-state index contributed by atoms with van der Waals surface area (Å²) in [7, 11) is 0. The average molecular weight is 279 g/mol. The molecule has 0 aromatic carbocycles. The molecule has 0 aromatic heterocycles. The van der Waals surface area contributed by atoms with Crippen LogP contribution in [0.15, 0.2) is 0 Å². The molecule has 2 nitrogen and oxygen atoms in total. The van der Waals surface area contributed by atoms with Gasteiger partial charge in [-0.3, -0.25) is 0 Å². The summed E-state index contributed by atoms with van der Waals surface area (Å²) < 4.78 is 0. The van der Waals surface area contributed by atoms with Crippen LogP contribution in [-0.4, -0.2) is 23.3 Å². The standard InChI is InChI=1S/C18H33NO/c20-18(12-6-7-13-18)14-19-17-11-5-4-10-16(17)15-8-2-1-3-9-15/h15-17,19-20H,1-14H2. The molecule has 0 spiro atoms. The Balaban J connectivity index is 1.54. The summed E-state index contributed by atoms with van der Waals surface area (Å²) in [5.74, 6) is 1.87. The predicted octanol–water partition coefficient (Wildman–Crippen LogP) is 4.02. The summed E-state index contributed by atoms with van der Waals surface area (Å²) in [6, 6.07) is 0.691. The third-order valence-electron chi connectivity index (χ3n) is 6.30. The van der Waals surface area contributed by atoms with Gasteiger partial charge in [-0.1, -0.05) is 57.8 Å². The summed E-state index contributed by atoms with van der Waals surface area (Å²) in [6.07, 6.45) is 17.4. The molecule has 2 atom stereocenters. The second-order valence-corrected chi connectivity index (χ2v) is 7.77. The van der Waals surface area contributed by atoms with Gasteiger partial charge < -0.3 is 10.4 Å². The normalized spacial score (nSPS) is 35.2. The minimum Gasteiger partial charge on any atom is -0.389 e. The Hall–Kier alpha value is -0.0800. The first-order chi connectivity index (χ1) is 9.77. The predicted molar refractivity (Wildman–Crippen MR) is 83.7 cm³/mol. The fourth-order valence-electron chi connectivity index (χ4n) is 5.07. The molecule has 0 amide bonds. The van der Waals surface area contributed by atoms with E-state index in [1.54, 1.807) is 0 Å². The zero-order valence-electron chi connectivity index (χ0n) is 13.1. The molecule has 116 valence electrons. The molecule has 20 heavy (non-hydrogen) atoms. The van der Waals surface area contributed by atoms with Gasteiger partial charge in [0.05, 0.1) is 5.60 Å². The van der Waals surface area contributed by atoms with Crippen molar-refractivity contribution in [2.45, 2.75) is 95.1 Å². The molecule has 0 aliphatic heterocycles. The van der Waals surface area contributed by atoms with Crippen molar-refractivity contribution in [2.24, 2.45) is 11.8 Å². The van der Waals surface area contributed by atoms with E-state index in [9.17, 15) is 5.11 Å². The zero-order valence-corrected chi connectivity index (χ0v) is 13.1. The number of rotatable bonds is 4. The first-order valence-electron chi connectivity index (χ1n) is 9.23. The summed E-state index contributed by atoms with van der Waals surface area (Å²) in [4.78, 5) is 0. The molecule has 0 radical (unpaired) electrons. The molecule has 3 saturated carbocycles. The highest BCUT2D eigenvalue weighted by Crippen LogP contribution is 2.39. The Morgan fingerprint density at radius 1 is 0.800 bits per heavy atom. The Morgan fingerprint density at radius 3 is 2.20 bits per heavy atom. The van der Waals surface area contributed by atoms with Crippen LogP contribution in [0.1, 0.15) is 83.5 Å². The molecular weight excluding hydrogens is 246 g/mol. The second kappa shape index (κ2) is 6.79. The monoisotopic (exact) mass is 279 g/mol. The third kappa shape index (κ3) is 3.57. The molecule has 0 heterocycles. The fraction of sp³-hybridized carbons (Fsp3) is 1.00. The number of hydrogen-bond acceptors (Lipinski definition) is 2. The van der Waals surface area contributed by atoms with E-state index in [-0.39, 0.29) is 5.60 Å². The number of aliphatic hydroxyl groups is 1. The minimum atomic E-state index is -0.380. The largest absolute Gasteiger partial charge is 0.389 e. The number of nitrogens with one attached hydrogen (secondary N) is 1. The van der Waals surface area contributed by atoms with E-state index < -0.39 is 0 Å². The minimum absolute atomic E-state index is 0.380. The lowest BCUT2D eigenvalue weighted by molar-refractivity contribution is 0.0361. The molecule has 3 rings (SSSR count). The van der Waals surface area contributed by atoms with Crippen molar-refractivity contribution in [3.8, 4) is 0 Å². The van der Waals surface area contributed by atoms with E-state index in [0.29, 0.717) is 6.04 Å². The van der Waals surface area contributed by atoms with Crippen molar-refractivity contribution in [2.75, 3.05) is 6.54 Å². The van der Waals surface area contributed by atoms with Gasteiger partial charge in [-0.25, -0.2) is 0 Å². The van der Waals surface area contributed by atoms with Crippen molar-refractivity contribution < 1.29 is 5.11 Å². The van der Waals surface area contributed by atoms with E-state index in [0.717, 1.165) is 31.2 Å². The van der Waals surface area contributed by atoms with Gasteiger partial charge in [0.25, 0.3) is 0 Å². The zero-order chi connectivity index (χ0) is 13.8. The van der Waals surface area contributed by atoms with Gasteiger partial charge in [0.1, 0.15) is 0 Å². The molecule has 3 fully saturated rings. The third-order valence-corrected chi connectivity index (χ3v) is 6.30. The summed E-state index contributed by atoms with van der Waals surface area (Å²) in [6.45, 7) is 0.848. The smallest absolute Gasteiger partial charge is 0.0771 e. The van der Waals surface area contributed by atoms with E-state index in [1.807, 2.05) is 0 Å². The van der Waals surface area contributed by atoms with Gasteiger partial charge in [-0.05, 0) is 37.5 Å². The van der Waals surface area contributed by atoms with Crippen LogP contribution >= 0.6 is 0 Å². The molecule has 2 N–H and O–H groups in total. The summed E-state index contributed by atoms with van der Waals surface area (Å²) >= 11 is 0. The topological polar surface area (TPSA) is 32.3 Å². The quantitative estimate of drug-likeness (QED) is 0.814. The van der Waals surface area contributed by atoms with Crippen molar-refractivity contribution in [1.82, 2.24) is 5.32 Å². The van der Waals surface area contributed by atoms with Crippen LogP contribution in [0.25, 0.3) is 0 Å². The van der Waals surface area contributed by atoms with Crippen molar-refractivity contribution >= 4 is 0 Å². The maximum atomic E-state index is 10.6. The Kier molecular flexibility index (Phi) is 5.04. The summed E-state index contributed by atoms with van der Waals surface area (Å²) in [5.41, 5.74) is -0.380. The Morgan fingerprint density at radius 2 is 1.45 bits per heavy atom. The SMILES string of the molecule is OC1(CNC2CCCCC2C2CCCCC2)CCCC1. The maximum Gasteiger partial charge on any atom is 0.0771 e. The lowest BCUT2D eigenvalue weighted by Gasteiger charge is -2.40. The molecule has 2 heteroatoms. The van der Waals surface area contributed by atoms with Crippen LogP contribution in [0.3, 0.4) is 0 Å². The van der Waals surface area contributed by atoms with Gasteiger partial charge in [0.2, 0.25) is 0 Å². The van der Waals surface area contributed by atoms with E-state index in [2.05, 4.69) is 5.32 Å². The van der Waals surface area contributed by atoms with E-state index in [1.165, 1.54) is 70.6 Å². The van der Waals surface area contributed by atoms with Crippen LogP contribution in [0, 0.1) is 11.8 Å².